The fourth-order valence-corrected chi connectivity index (χ4v) is 3.91. The first-order valence-electron chi connectivity index (χ1n) is 11.4. The average molecular weight is 449 g/mol. The summed E-state index contributed by atoms with van der Waals surface area (Å²) in [4.78, 5) is 23.8. The van der Waals surface area contributed by atoms with Crippen molar-refractivity contribution in [3.05, 3.63) is 72.3 Å². The van der Waals surface area contributed by atoms with Crippen LogP contribution in [0.15, 0.2) is 60.9 Å². The molecule has 1 aromatic heterocycles. The molecule has 4 rings (SSSR count). The quantitative estimate of drug-likeness (QED) is 0.545. The lowest BCUT2D eigenvalue weighted by Gasteiger charge is -2.32. The Bertz CT molecular complexity index is 1040. The molecule has 1 amide bonds. The summed E-state index contributed by atoms with van der Waals surface area (Å²) >= 11 is 0. The van der Waals surface area contributed by atoms with Crippen molar-refractivity contribution in [2.24, 2.45) is 5.92 Å². The number of amides is 1. The number of hydrogen-bond donors (Lipinski definition) is 1. The second-order valence-corrected chi connectivity index (χ2v) is 8.27. The van der Waals surface area contributed by atoms with E-state index in [1.165, 1.54) is 12.1 Å². The van der Waals surface area contributed by atoms with Gasteiger partial charge in [-0.2, -0.15) is 0 Å². The summed E-state index contributed by atoms with van der Waals surface area (Å²) in [5.74, 6) is 1.13. The summed E-state index contributed by atoms with van der Waals surface area (Å²) in [5.41, 5.74) is 2.74. The van der Waals surface area contributed by atoms with Crippen LogP contribution in [0.3, 0.4) is 0 Å². The maximum absolute atomic E-state index is 13.1. The third kappa shape index (κ3) is 6.06. The molecule has 1 aliphatic heterocycles. The van der Waals surface area contributed by atoms with Crippen molar-refractivity contribution >= 4 is 11.9 Å². The molecular weight excluding hydrogens is 419 g/mol. The molecule has 7 heteroatoms. The lowest BCUT2D eigenvalue weighted by molar-refractivity contribution is -0.125. The number of piperidine rings is 1. The summed E-state index contributed by atoms with van der Waals surface area (Å²) in [6.45, 7) is 4.68. The van der Waals surface area contributed by atoms with Gasteiger partial charge in [0.15, 0.2) is 0 Å². The Hall–Kier alpha value is -3.48. The van der Waals surface area contributed by atoms with E-state index < -0.39 is 0 Å². The zero-order chi connectivity index (χ0) is 23.0. The van der Waals surface area contributed by atoms with Crippen molar-refractivity contribution in [1.82, 2.24) is 15.3 Å². The standard InChI is InChI=1S/C26H29FN4O2/c1-2-14-33-24-11-5-19(6-12-24)15-28-25(32)21-4-3-13-31(18-21)26-29-16-22(17-30-26)20-7-9-23(27)10-8-20/h5-12,16-17,21H,2-4,13-15,18H2,1H3,(H,28,32)/t21-/m0/s1. The smallest absolute Gasteiger partial charge is 0.225 e. The van der Waals surface area contributed by atoms with Crippen molar-refractivity contribution in [2.75, 3.05) is 24.6 Å². The molecule has 1 aliphatic rings. The Balaban J connectivity index is 1.31. The fraction of sp³-hybridized carbons (Fsp3) is 0.346. The Morgan fingerprint density at radius 3 is 2.52 bits per heavy atom. The predicted molar refractivity (Wildman–Crippen MR) is 126 cm³/mol. The molecule has 33 heavy (non-hydrogen) atoms. The van der Waals surface area contributed by atoms with Crippen LogP contribution in [0.2, 0.25) is 0 Å². The van der Waals surface area contributed by atoms with Gasteiger partial charge in [0.1, 0.15) is 11.6 Å². The van der Waals surface area contributed by atoms with Gasteiger partial charge in [0.25, 0.3) is 0 Å². The Labute approximate surface area is 193 Å². The first-order valence-corrected chi connectivity index (χ1v) is 11.4. The fourth-order valence-electron chi connectivity index (χ4n) is 3.91. The second kappa shape index (κ2) is 10.9. The number of nitrogens with zero attached hydrogens (tertiary/aromatic N) is 3. The number of halogens is 1. The van der Waals surface area contributed by atoms with Crippen molar-refractivity contribution in [2.45, 2.75) is 32.7 Å². The number of anilines is 1. The Kier molecular flexibility index (Phi) is 7.50. The largest absolute Gasteiger partial charge is 0.494 e. The number of ether oxygens (including phenoxy) is 1. The van der Waals surface area contributed by atoms with Crippen molar-refractivity contribution in [1.29, 1.82) is 0 Å². The maximum Gasteiger partial charge on any atom is 0.225 e. The molecule has 6 nitrogen and oxygen atoms in total. The highest BCUT2D eigenvalue weighted by Gasteiger charge is 2.27. The van der Waals surface area contributed by atoms with E-state index in [1.54, 1.807) is 24.5 Å². The summed E-state index contributed by atoms with van der Waals surface area (Å²) in [7, 11) is 0. The predicted octanol–water partition coefficient (Wildman–Crippen LogP) is 4.60. The molecule has 0 unspecified atom stereocenters. The van der Waals surface area contributed by atoms with E-state index in [1.807, 2.05) is 24.3 Å². The van der Waals surface area contributed by atoms with Crippen LogP contribution in [-0.4, -0.2) is 35.6 Å². The molecule has 1 N–H and O–H groups in total. The zero-order valence-corrected chi connectivity index (χ0v) is 18.8. The first-order chi connectivity index (χ1) is 16.1. The molecule has 0 radical (unpaired) electrons. The van der Waals surface area contributed by atoms with E-state index in [-0.39, 0.29) is 17.6 Å². The molecule has 172 valence electrons. The Morgan fingerprint density at radius 2 is 1.82 bits per heavy atom. The third-order valence-corrected chi connectivity index (χ3v) is 5.75. The lowest BCUT2D eigenvalue weighted by Crippen LogP contribution is -2.43. The monoisotopic (exact) mass is 448 g/mol. The van der Waals surface area contributed by atoms with Crippen LogP contribution in [0.25, 0.3) is 11.1 Å². The summed E-state index contributed by atoms with van der Waals surface area (Å²) in [6.07, 6.45) is 6.21. The van der Waals surface area contributed by atoms with Gasteiger partial charge in [-0.15, -0.1) is 0 Å². The van der Waals surface area contributed by atoms with Gasteiger partial charge >= 0.3 is 0 Å². The molecule has 2 aromatic carbocycles. The minimum atomic E-state index is -0.271. The summed E-state index contributed by atoms with van der Waals surface area (Å²) in [5, 5.41) is 3.06. The van der Waals surface area contributed by atoms with Crippen LogP contribution in [0.4, 0.5) is 10.3 Å². The molecule has 1 atom stereocenters. The number of aromatic nitrogens is 2. The SMILES string of the molecule is CCCOc1ccc(CNC(=O)[C@H]2CCCN(c3ncc(-c4ccc(F)cc4)cn3)C2)cc1. The summed E-state index contributed by atoms with van der Waals surface area (Å²) < 4.78 is 18.7. The minimum absolute atomic E-state index is 0.0499. The molecule has 3 aromatic rings. The van der Waals surface area contributed by atoms with Gasteiger partial charge in [0, 0.05) is 37.6 Å². The average Bonchev–Trinajstić information content (AvgIpc) is 2.87. The highest BCUT2D eigenvalue weighted by atomic mass is 19.1. The van der Waals surface area contributed by atoms with Crippen LogP contribution in [0.5, 0.6) is 5.75 Å². The van der Waals surface area contributed by atoms with Gasteiger partial charge in [0.05, 0.1) is 12.5 Å². The molecule has 2 heterocycles. The normalized spacial score (nSPS) is 15.8. The van der Waals surface area contributed by atoms with Crippen molar-refractivity contribution in [3.63, 3.8) is 0 Å². The number of carbonyl (C=O) groups is 1. The highest BCUT2D eigenvalue weighted by Crippen LogP contribution is 2.23. The zero-order valence-electron chi connectivity index (χ0n) is 18.8. The van der Waals surface area contributed by atoms with E-state index in [2.05, 4.69) is 27.1 Å². The molecular formula is C26H29FN4O2. The molecule has 0 bridgehead atoms. The highest BCUT2D eigenvalue weighted by molar-refractivity contribution is 5.79. The molecule has 0 aliphatic carbocycles. The number of hydrogen-bond acceptors (Lipinski definition) is 5. The van der Waals surface area contributed by atoms with Gasteiger partial charge in [-0.3, -0.25) is 4.79 Å². The maximum atomic E-state index is 13.1. The Morgan fingerprint density at radius 1 is 1.09 bits per heavy atom. The number of rotatable bonds is 8. The van der Waals surface area contributed by atoms with E-state index in [9.17, 15) is 9.18 Å². The van der Waals surface area contributed by atoms with Crippen LogP contribution in [-0.2, 0) is 11.3 Å². The van der Waals surface area contributed by atoms with Gasteiger partial charge in [-0.1, -0.05) is 31.2 Å². The van der Waals surface area contributed by atoms with E-state index in [0.717, 1.165) is 48.2 Å². The molecule has 0 saturated carbocycles. The van der Waals surface area contributed by atoms with Gasteiger partial charge in [0.2, 0.25) is 11.9 Å². The van der Waals surface area contributed by atoms with Crippen molar-refractivity contribution in [3.8, 4) is 16.9 Å². The number of nitrogens with one attached hydrogen (secondary N) is 1. The topological polar surface area (TPSA) is 67.3 Å². The summed E-state index contributed by atoms with van der Waals surface area (Å²) in [6, 6.07) is 14.1. The van der Waals surface area contributed by atoms with E-state index >= 15 is 0 Å². The van der Waals surface area contributed by atoms with Gasteiger partial charge < -0.3 is 15.0 Å². The molecule has 1 fully saturated rings. The van der Waals surface area contributed by atoms with Crippen LogP contribution in [0, 0.1) is 11.7 Å². The first kappa shape index (κ1) is 22.7. The van der Waals surface area contributed by atoms with Crippen molar-refractivity contribution < 1.29 is 13.9 Å². The van der Waals surface area contributed by atoms with Crippen LogP contribution >= 0.6 is 0 Å². The third-order valence-electron chi connectivity index (χ3n) is 5.75. The second-order valence-electron chi connectivity index (χ2n) is 8.27. The minimum Gasteiger partial charge on any atom is -0.494 e. The molecule has 1 saturated heterocycles. The van der Waals surface area contributed by atoms with Gasteiger partial charge in [-0.25, -0.2) is 14.4 Å². The lowest BCUT2D eigenvalue weighted by atomic mass is 9.97. The number of benzene rings is 2. The number of carbonyl (C=O) groups excluding carboxylic acids is 1. The van der Waals surface area contributed by atoms with Crippen LogP contribution < -0.4 is 15.0 Å². The van der Waals surface area contributed by atoms with E-state index in [0.29, 0.717) is 25.6 Å². The molecule has 0 spiro atoms. The van der Waals surface area contributed by atoms with Gasteiger partial charge in [-0.05, 0) is 54.7 Å². The van der Waals surface area contributed by atoms with Crippen LogP contribution in [0.1, 0.15) is 31.7 Å². The van der Waals surface area contributed by atoms with E-state index in [4.69, 9.17) is 4.74 Å².